The summed E-state index contributed by atoms with van der Waals surface area (Å²) in [5.41, 5.74) is 0. The van der Waals surface area contributed by atoms with Crippen LogP contribution in [0, 0.1) is 0 Å². The van der Waals surface area contributed by atoms with Crippen LogP contribution >= 0.6 is 0 Å². The third-order valence-corrected chi connectivity index (χ3v) is 2.43. The molecule has 0 unspecified atom stereocenters. The zero-order valence-electron chi connectivity index (χ0n) is 10.4. The molecule has 0 heterocycles. The number of aldehydes is 1. The van der Waals surface area contributed by atoms with Gasteiger partial charge in [-0.1, -0.05) is 32.6 Å². The fraction of sp³-hybridized carbons (Fsp3) is 0.846. The molecule has 0 aliphatic rings. The van der Waals surface area contributed by atoms with Gasteiger partial charge in [-0.3, -0.25) is 4.79 Å². The molecule has 0 aromatic rings. The van der Waals surface area contributed by atoms with E-state index in [9.17, 15) is 9.59 Å². The lowest BCUT2D eigenvalue weighted by Crippen LogP contribution is -2.04. The van der Waals surface area contributed by atoms with Gasteiger partial charge in [-0.2, -0.15) is 0 Å². The molecule has 3 nitrogen and oxygen atoms in total. The fourth-order valence-corrected chi connectivity index (χ4v) is 1.50. The smallest absolute Gasteiger partial charge is 0.305 e. The maximum absolute atomic E-state index is 11.0. The summed E-state index contributed by atoms with van der Waals surface area (Å²) in [5.74, 6) is -0.0755. The monoisotopic (exact) mass is 228 g/mol. The highest BCUT2D eigenvalue weighted by Crippen LogP contribution is 2.06. The van der Waals surface area contributed by atoms with Crippen LogP contribution in [-0.4, -0.2) is 18.9 Å². The van der Waals surface area contributed by atoms with Crippen molar-refractivity contribution >= 4 is 12.3 Å². The topological polar surface area (TPSA) is 43.4 Å². The summed E-state index contributed by atoms with van der Waals surface area (Å²) in [7, 11) is 0. The van der Waals surface area contributed by atoms with Gasteiger partial charge < -0.3 is 9.53 Å². The Balaban J connectivity index is 3.03. The molecule has 16 heavy (non-hydrogen) atoms. The highest BCUT2D eigenvalue weighted by molar-refractivity contribution is 5.69. The van der Waals surface area contributed by atoms with E-state index in [1.165, 1.54) is 12.8 Å². The van der Waals surface area contributed by atoms with Gasteiger partial charge in [0.1, 0.15) is 6.29 Å². The van der Waals surface area contributed by atoms with Crippen LogP contribution in [-0.2, 0) is 14.3 Å². The van der Waals surface area contributed by atoms with Gasteiger partial charge in [0, 0.05) is 12.8 Å². The average Bonchev–Trinajstić information content (AvgIpc) is 2.27. The molecular formula is C13H24O3. The molecule has 0 radical (unpaired) electrons. The van der Waals surface area contributed by atoms with Crippen molar-refractivity contribution < 1.29 is 14.3 Å². The first kappa shape index (κ1) is 15.1. The normalized spacial score (nSPS) is 10.1. The maximum Gasteiger partial charge on any atom is 0.305 e. The van der Waals surface area contributed by atoms with Crippen LogP contribution in [0.25, 0.3) is 0 Å². The van der Waals surface area contributed by atoms with Crippen molar-refractivity contribution in [3.8, 4) is 0 Å². The summed E-state index contributed by atoms with van der Waals surface area (Å²) in [4.78, 5) is 21.0. The molecule has 0 aliphatic heterocycles. The number of ether oxygens (including phenoxy) is 1. The van der Waals surface area contributed by atoms with Crippen LogP contribution in [0.5, 0.6) is 0 Å². The van der Waals surface area contributed by atoms with E-state index in [0.29, 0.717) is 19.4 Å². The molecule has 0 N–H and O–H groups in total. The Hall–Kier alpha value is -0.860. The molecule has 0 bridgehead atoms. The number of unbranched alkanes of at least 4 members (excludes halogenated alkanes) is 6. The zero-order chi connectivity index (χ0) is 12.1. The van der Waals surface area contributed by atoms with Crippen molar-refractivity contribution in [2.45, 2.75) is 64.7 Å². The molecule has 0 aromatic carbocycles. The van der Waals surface area contributed by atoms with E-state index in [-0.39, 0.29) is 5.97 Å². The molecule has 0 aromatic heterocycles. The van der Waals surface area contributed by atoms with E-state index in [1.54, 1.807) is 0 Å². The third kappa shape index (κ3) is 11.2. The molecule has 0 aliphatic carbocycles. The Bertz CT molecular complexity index is 178. The Morgan fingerprint density at radius 1 is 1.06 bits per heavy atom. The number of carbonyl (C=O) groups is 2. The maximum atomic E-state index is 11.0. The lowest BCUT2D eigenvalue weighted by atomic mass is 10.1. The van der Waals surface area contributed by atoms with Crippen LogP contribution in [0.1, 0.15) is 64.7 Å². The van der Waals surface area contributed by atoms with Crippen LogP contribution in [0.4, 0.5) is 0 Å². The highest BCUT2D eigenvalue weighted by Gasteiger charge is 1.99. The first-order valence-corrected chi connectivity index (χ1v) is 6.40. The predicted molar refractivity (Wildman–Crippen MR) is 64.3 cm³/mol. The van der Waals surface area contributed by atoms with Crippen LogP contribution < -0.4 is 0 Å². The van der Waals surface area contributed by atoms with Gasteiger partial charge in [0.15, 0.2) is 0 Å². The molecule has 0 fully saturated rings. The van der Waals surface area contributed by atoms with E-state index in [2.05, 4.69) is 0 Å². The van der Waals surface area contributed by atoms with E-state index in [0.717, 1.165) is 38.4 Å². The predicted octanol–water partition coefficient (Wildman–Crippen LogP) is 3.26. The standard InChI is InChI=1S/C13H24O3/c1-2-10-13(15)16-12-9-7-5-3-4-6-8-11-14/h11H,2-10,12H2,1H3. The largest absolute Gasteiger partial charge is 0.466 e. The zero-order valence-corrected chi connectivity index (χ0v) is 10.4. The number of esters is 1. The van der Waals surface area contributed by atoms with Gasteiger partial charge in [-0.25, -0.2) is 0 Å². The summed E-state index contributed by atoms with van der Waals surface area (Å²) in [6.45, 7) is 2.54. The van der Waals surface area contributed by atoms with Gasteiger partial charge in [-0.15, -0.1) is 0 Å². The van der Waals surface area contributed by atoms with Crippen LogP contribution in [0.2, 0.25) is 0 Å². The molecular weight excluding hydrogens is 204 g/mol. The van der Waals surface area contributed by atoms with Crippen LogP contribution in [0.15, 0.2) is 0 Å². The van der Waals surface area contributed by atoms with Crippen molar-refractivity contribution in [1.82, 2.24) is 0 Å². The first-order chi connectivity index (χ1) is 7.81. The van der Waals surface area contributed by atoms with E-state index >= 15 is 0 Å². The molecule has 94 valence electrons. The molecule has 0 saturated heterocycles. The van der Waals surface area contributed by atoms with E-state index < -0.39 is 0 Å². The number of carbonyl (C=O) groups excluding carboxylic acids is 2. The number of rotatable bonds is 11. The van der Waals surface area contributed by atoms with Crippen molar-refractivity contribution in [2.24, 2.45) is 0 Å². The summed E-state index contributed by atoms with van der Waals surface area (Å²) < 4.78 is 5.04. The number of hydrogen-bond donors (Lipinski definition) is 0. The Labute approximate surface area is 98.6 Å². The third-order valence-electron chi connectivity index (χ3n) is 2.43. The minimum absolute atomic E-state index is 0.0755. The van der Waals surface area contributed by atoms with E-state index in [1.807, 2.05) is 6.92 Å². The first-order valence-electron chi connectivity index (χ1n) is 6.40. The van der Waals surface area contributed by atoms with Crippen molar-refractivity contribution in [2.75, 3.05) is 6.61 Å². The highest BCUT2D eigenvalue weighted by atomic mass is 16.5. The second-order valence-corrected chi connectivity index (χ2v) is 4.05. The molecule has 0 spiro atoms. The quantitative estimate of drug-likeness (QED) is 0.310. The molecule has 0 atom stereocenters. The minimum Gasteiger partial charge on any atom is -0.466 e. The summed E-state index contributed by atoms with van der Waals surface area (Å²) in [5, 5.41) is 0. The van der Waals surface area contributed by atoms with Crippen molar-refractivity contribution in [3.63, 3.8) is 0 Å². The van der Waals surface area contributed by atoms with E-state index in [4.69, 9.17) is 4.74 Å². The summed E-state index contributed by atoms with van der Waals surface area (Å²) in [6, 6.07) is 0. The SMILES string of the molecule is CCCC(=O)OCCCCCCCCC=O. The average molecular weight is 228 g/mol. The summed E-state index contributed by atoms with van der Waals surface area (Å²) in [6.07, 6.45) is 9.62. The molecule has 3 heteroatoms. The lowest BCUT2D eigenvalue weighted by molar-refractivity contribution is -0.143. The second kappa shape index (κ2) is 12.2. The summed E-state index contributed by atoms with van der Waals surface area (Å²) >= 11 is 0. The van der Waals surface area contributed by atoms with Crippen molar-refractivity contribution in [3.05, 3.63) is 0 Å². The lowest BCUT2D eigenvalue weighted by Gasteiger charge is -2.03. The number of hydrogen-bond acceptors (Lipinski definition) is 3. The van der Waals surface area contributed by atoms with Gasteiger partial charge in [0.2, 0.25) is 0 Å². The van der Waals surface area contributed by atoms with Gasteiger partial charge >= 0.3 is 5.97 Å². The van der Waals surface area contributed by atoms with Gasteiger partial charge in [0.25, 0.3) is 0 Å². The van der Waals surface area contributed by atoms with Gasteiger partial charge in [-0.05, 0) is 19.3 Å². The fourth-order valence-electron chi connectivity index (χ4n) is 1.50. The Kier molecular flexibility index (Phi) is 11.6. The minimum atomic E-state index is -0.0755. The Morgan fingerprint density at radius 3 is 2.31 bits per heavy atom. The second-order valence-electron chi connectivity index (χ2n) is 4.05. The van der Waals surface area contributed by atoms with Gasteiger partial charge in [0.05, 0.1) is 6.61 Å². The van der Waals surface area contributed by atoms with Crippen molar-refractivity contribution in [1.29, 1.82) is 0 Å². The van der Waals surface area contributed by atoms with Crippen LogP contribution in [0.3, 0.4) is 0 Å². The molecule has 0 rings (SSSR count). The Morgan fingerprint density at radius 2 is 1.69 bits per heavy atom. The molecule has 0 saturated carbocycles. The molecule has 0 amide bonds.